The van der Waals surface area contributed by atoms with Crippen molar-refractivity contribution in [2.45, 2.75) is 38.7 Å². The normalized spacial score (nSPS) is 26.2. The Labute approximate surface area is 170 Å². The molecule has 0 radical (unpaired) electrons. The molecule has 0 spiro atoms. The number of rotatable bonds is 5. The Kier molecular flexibility index (Phi) is 5.67. The molecule has 4 rings (SSSR count). The van der Waals surface area contributed by atoms with E-state index in [1.165, 1.54) is 5.01 Å². The summed E-state index contributed by atoms with van der Waals surface area (Å²) in [5.74, 6) is -1.03. The molecule has 7 heteroatoms. The topological polar surface area (TPSA) is 79.0 Å². The summed E-state index contributed by atoms with van der Waals surface area (Å²) in [4.78, 5) is 40.3. The second kappa shape index (κ2) is 8.37. The first kappa shape index (κ1) is 19.6. The Morgan fingerprint density at radius 3 is 2.76 bits per heavy atom. The SMILES string of the molecule is CCN(CC1CCCO1)C(=O)c1cccc(N2NC(=O)C3CC=CCC3C2=O)c1. The number of nitrogens with zero attached hydrogens (tertiary/aromatic N) is 2. The zero-order chi connectivity index (χ0) is 20.4. The van der Waals surface area contributed by atoms with E-state index in [-0.39, 0.29) is 35.7 Å². The molecule has 1 aliphatic carbocycles. The number of nitrogens with one attached hydrogen (secondary N) is 1. The van der Waals surface area contributed by atoms with Gasteiger partial charge in [-0.05, 0) is 50.8 Å². The molecule has 0 saturated carbocycles. The van der Waals surface area contributed by atoms with Crippen molar-refractivity contribution in [3.8, 4) is 0 Å². The van der Waals surface area contributed by atoms with E-state index in [2.05, 4.69) is 5.43 Å². The minimum absolute atomic E-state index is 0.0846. The van der Waals surface area contributed by atoms with Gasteiger partial charge in [0.25, 0.3) is 5.91 Å². The van der Waals surface area contributed by atoms with Gasteiger partial charge >= 0.3 is 0 Å². The second-order valence-electron chi connectivity index (χ2n) is 7.83. The average molecular weight is 397 g/mol. The van der Waals surface area contributed by atoms with Crippen LogP contribution < -0.4 is 10.4 Å². The van der Waals surface area contributed by atoms with Crippen LogP contribution in [-0.2, 0) is 14.3 Å². The molecule has 3 aliphatic rings. The van der Waals surface area contributed by atoms with Gasteiger partial charge in [-0.25, -0.2) is 5.01 Å². The number of allylic oxidation sites excluding steroid dienone is 2. The molecule has 154 valence electrons. The number of fused-ring (bicyclic) bond motifs is 1. The van der Waals surface area contributed by atoms with Crippen LogP contribution in [0.5, 0.6) is 0 Å². The molecule has 2 fully saturated rings. The van der Waals surface area contributed by atoms with Gasteiger partial charge in [0.1, 0.15) is 0 Å². The number of likely N-dealkylation sites (N-methyl/N-ethyl adjacent to an activating group) is 1. The lowest BCUT2D eigenvalue weighted by Gasteiger charge is -2.38. The highest BCUT2D eigenvalue weighted by molar-refractivity contribution is 6.05. The quantitative estimate of drug-likeness (QED) is 0.774. The van der Waals surface area contributed by atoms with Crippen molar-refractivity contribution in [1.82, 2.24) is 10.3 Å². The van der Waals surface area contributed by atoms with E-state index < -0.39 is 0 Å². The van der Waals surface area contributed by atoms with Gasteiger partial charge in [-0.3, -0.25) is 19.8 Å². The fourth-order valence-corrected chi connectivity index (χ4v) is 4.33. The van der Waals surface area contributed by atoms with Crippen LogP contribution in [0.4, 0.5) is 5.69 Å². The average Bonchev–Trinajstić information content (AvgIpc) is 3.27. The summed E-state index contributed by atoms with van der Waals surface area (Å²) in [6, 6.07) is 6.91. The van der Waals surface area contributed by atoms with Crippen LogP contribution in [0.25, 0.3) is 0 Å². The molecule has 1 aromatic carbocycles. The van der Waals surface area contributed by atoms with E-state index in [1.54, 1.807) is 29.2 Å². The number of carbonyl (C=O) groups is 3. The number of anilines is 1. The summed E-state index contributed by atoms with van der Waals surface area (Å²) in [5, 5.41) is 1.30. The predicted molar refractivity (Wildman–Crippen MR) is 108 cm³/mol. The summed E-state index contributed by atoms with van der Waals surface area (Å²) >= 11 is 0. The van der Waals surface area contributed by atoms with Gasteiger partial charge in [-0.15, -0.1) is 0 Å². The Balaban J connectivity index is 1.53. The zero-order valence-corrected chi connectivity index (χ0v) is 16.7. The zero-order valence-electron chi connectivity index (χ0n) is 16.7. The third-order valence-corrected chi connectivity index (χ3v) is 6.00. The van der Waals surface area contributed by atoms with Gasteiger partial charge in [0.2, 0.25) is 11.8 Å². The van der Waals surface area contributed by atoms with Gasteiger partial charge in [0, 0.05) is 25.3 Å². The molecule has 3 amide bonds. The smallest absolute Gasteiger partial charge is 0.254 e. The Morgan fingerprint density at radius 2 is 2.03 bits per heavy atom. The largest absolute Gasteiger partial charge is 0.376 e. The van der Waals surface area contributed by atoms with E-state index in [0.717, 1.165) is 19.4 Å². The van der Waals surface area contributed by atoms with Crippen LogP contribution in [0.3, 0.4) is 0 Å². The fourth-order valence-electron chi connectivity index (χ4n) is 4.33. The van der Waals surface area contributed by atoms with Crippen molar-refractivity contribution in [3.63, 3.8) is 0 Å². The number of carbonyl (C=O) groups excluding carboxylic acids is 3. The van der Waals surface area contributed by atoms with Gasteiger partial charge in [0.15, 0.2) is 0 Å². The molecule has 3 unspecified atom stereocenters. The summed E-state index contributed by atoms with van der Waals surface area (Å²) in [7, 11) is 0. The maximum Gasteiger partial charge on any atom is 0.254 e. The maximum atomic E-state index is 13.0. The predicted octanol–water partition coefficient (Wildman–Crippen LogP) is 2.29. The van der Waals surface area contributed by atoms with Crippen molar-refractivity contribution in [2.24, 2.45) is 11.8 Å². The monoisotopic (exact) mass is 397 g/mol. The van der Waals surface area contributed by atoms with E-state index in [4.69, 9.17) is 4.74 Å². The minimum atomic E-state index is -0.347. The van der Waals surface area contributed by atoms with Crippen LogP contribution in [0.1, 0.15) is 43.0 Å². The molecular weight excluding hydrogens is 370 g/mol. The summed E-state index contributed by atoms with van der Waals surface area (Å²) in [6.07, 6.45) is 7.15. The molecule has 2 aliphatic heterocycles. The Hall–Kier alpha value is -2.67. The highest BCUT2D eigenvalue weighted by Crippen LogP contribution is 2.32. The molecule has 2 saturated heterocycles. The van der Waals surface area contributed by atoms with Crippen molar-refractivity contribution in [2.75, 3.05) is 24.7 Å². The van der Waals surface area contributed by atoms with E-state index in [1.807, 2.05) is 19.1 Å². The lowest BCUT2D eigenvalue weighted by Crippen LogP contribution is -2.59. The van der Waals surface area contributed by atoms with Crippen LogP contribution in [0.2, 0.25) is 0 Å². The van der Waals surface area contributed by atoms with Crippen molar-refractivity contribution in [1.29, 1.82) is 0 Å². The molecule has 0 aromatic heterocycles. The molecule has 1 N–H and O–H groups in total. The number of amides is 3. The fraction of sp³-hybridized carbons (Fsp3) is 0.500. The summed E-state index contributed by atoms with van der Waals surface area (Å²) < 4.78 is 5.67. The van der Waals surface area contributed by atoms with Gasteiger partial charge < -0.3 is 9.64 Å². The number of hydrazine groups is 1. The van der Waals surface area contributed by atoms with Gasteiger partial charge in [-0.1, -0.05) is 18.2 Å². The molecule has 29 heavy (non-hydrogen) atoms. The van der Waals surface area contributed by atoms with E-state index in [0.29, 0.717) is 37.2 Å². The van der Waals surface area contributed by atoms with Crippen LogP contribution in [-0.4, -0.2) is 48.4 Å². The van der Waals surface area contributed by atoms with Crippen LogP contribution >= 0.6 is 0 Å². The second-order valence-corrected chi connectivity index (χ2v) is 7.83. The van der Waals surface area contributed by atoms with Crippen molar-refractivity contribution >= 4 is 23.4 Å². The first-order valence-corrected chi connectivity index (χ1v) is 10.4. The van der Waals surface area contributed by atoms with E-state index in [9.17, 15) is 14.4 Å². The summed E-state index contributed by atoms with van der Waals surface area (Å²) in [6.45, 7) is 3.84. The Morgan fingerprint density at radius 1 is 1.24 bits per heavy atom. The first-order valence-electron chi connectivity index (χ1n) is 10.4. The highest BCUT2D eigenvalue weighted by atomic mass is 16.5. The van der Waals surface area contributed by atoms with E-state index >= 15 is 0 Å². The van der Waals surface area contributed by atoms with Crippen molar-refractivity contribution < 1.29 is 19.1 Å². The van der Waals surface area contributed by atoms with Crippen molar-refractivity contribution in [3.05, 3.63) is 42.0 Å². The Bertz CT molecular complexity index is 831. The van der Waals surface area contributed by atoms with Crippen LogP contribution in [0.15, 0.2) is 36.4 Å². The molecular formula is C22H27N3O4. The standard InChI is InChI=1S/C22H27N3O4/c1-2-24(14-17-9-6-12-29-17)21(27)15-7-5-8-16(13-15)25-22(28)19-11-4-3-10-18(19)20(26)23-25/h3-5,7-8,13,17-19H,2,6,9-12,14H2,1H3,(H,23,26). The maximum absolute atomic E-state index is 13.0. The number of hydrogen-bond donors (Lipinski definition) is 1. The highest BCUT2D eigenvalue weighted by Gasteiger charge is 2.42. The molecule has 7 nitrogen and oxygen atoms in total. The summed E-state index contributed by atoms with van der Waals surface area (Å²) in [5.41, 5.74) is 3.72. The first-order chi connectivity index (χ1) is 14.1. The number of hydrogen-bond acceptors (Lipinski definition) is 4. The van der Waals surface area contributed by atoms with Crippen LogP contribution in [0, 0.1) is 11.8 Å². The lowest BCUT2D eigenvalue weighted by molar-refractivity contribution is -0.139. The molecule has 0 bridgehead atoms. The third kappa shape index (κ3) is 3.92. The van der Waals surface area contributed by atoms with Gasteiger partial charge in [-0.2, -0.15) is 0 Å². The molecule has 2 heterocycles. The molecule has 3 atom stereocenters. The molecule has 1 aromatic rings. The number of benzene rings is 1. The minimum Gasteiger partial charge on any atom is -0.376 e. The third-order valence-electron chi connectivity index (χ3n) is 6.00. The lowest BCUT2D eigenvalue weighted by atomic mass is 9.80. The van der Waals surface area contributed by atoms with Gasteiger partial charge in [0.05, 0.1) is 23.6 Å². The number of ether oxygens (including phenoxy) is 1.